The van der Waals surface area contributed by atoms with E-state index in [-0.39, 0.29) is 16.8 Å². The Hall–Kier alpha value is -3.72. The number of sulfonamides is 1. The number of nitrogens with zero attached hydrogens (tertiary/aromatic N) is 5. The van der Waals surface area contributed by atoms with Crippen molar-refractivity contribution in [3.8, 4) is 0 Å². The van der Waals surface area contributed by atoms with Crippen molar-refractivity contribution in [1.29, 1.82) is 0 Å². The average molecular weight is 474 g/mol. The zero-order valence-electron chi connectivity index (χ0n) is 18.4. The van der Waals surface area contributed by atoms with E-state index in [0.717, 1.165) is 29.9 Å². The fourth-order valence-corrected chi connectivity index (χ4v) is 6.56. The molecule has 4 aromatic rings. The first-order valence-electron chi connectivity index (χ1n) is 11.4. The van der Waals surface area contributed by atoms with E-state index in [1.165, 1.54) is 10.4 Å². The molecule has 2 aliphatic rings. The summed E-state index contributed by atoms with van der Waals surface area (Å²) >= 11 is 0. The highest BCUT2D eigenvalue weighted by Gasteiger charge is 2.35. The van der Waals surface area contributed by atoms with Gasteiger partial charge in [-0.25, -0.2) is 8.42 Å². The lowest BCUT2D eigenvalue weighted by Crippen LogP contribution is -2.32. The number of pyridine rings is 1. The molecule has 4 heterocycles. The molecular weight excluding hydrogens is 450 g/mol. The van der Waals surface area contributed by atoms with Crippen LogP contribution in [0.3, 0.4) is 0 Å². The van der Waals surface area contributed by atoms with Gasteiger partial charge in [0.15, 0.2) is 11.5 Å². The monoisotopic (exact) mass is 473 g/mol. The summed E-state index contributed by atoms with van der Waals surface area (Å²) in [5.41, 5.74) is 2.81. The summed E-state index contributed by atoms with van der Waals surface area (Å²) in [6.45, 7) is 0.982. The molecule has 0 bridgehead atoms. The smallest absolute Gasteiger partial charge is 0.264 e. The van der Waals surface area contributed by atoms with Gasteiger partial charge in [0.05, 0.1) is 16.6 Å². The van der Waals surface area contributed by atoms with Crippen LogP contribution in [0.1, 0.15) is 40.6 Å². The summed E-state index contributed by atoms with van der Waals surface area (Å²) in [4.78, 5) is 15.4. The van der Waals surface area contributed by atoms with E-state index in [1.54, 1.807) is 23.1 Å². The molecule has 8 nitrogen and oxygen atoms in total. The van der Waals surface area contributed by atoms with E-state index in [0.29, 0.717) is 30.8 Å². The minimum atomic E-state index is -3.78. The molecule has 0 saturated carbocycles. The molecule has 0 aliphatic carbocycles. The molecule has 2 aliphatic heterocycles. The summed E-state index contributed by atoms with van der Waals surface area (Å²) in [5, 5.41) is 8.58. The Morgan fingerprint density at radius 3 is 2.71 bits per heavy atom. The normalized spacial score (nSPS) is 17.9. The number of aromatic nitrogens is 3. The zero-order valence-corrected chi connectivity index (χ0v) is 19.2. The molecule has 0 spiro atoms. The molecule has 1 saturated heterocycles. The summed E-state index contributed by atoms with van der Waals surface area (Å²) in [6, 6.07) is 19.4. The third-order valence-electron chi connectivity index (χ3n) is 6.67. The van der Waals surface area contributed by atoms with Gasteiger partial charge in [0, 0.05) is 24.8 Å². The second kappa shape index (κ2) is 7.95. The highest BCUT2D eigenvalue weighted by Crippen LogP contribution is 2.35. The van der Waals surface area contributed by atoms with Gasteiger partial charge in [0.1, 0.15) is 0 Å². The van der Waals surface area contributed by atoms with E-state index in [4.69, 9.17) is 0 Å². The lowest BCUT2D eigenvalue weighted by atomic mass is 10.1. The van der Waals surface area contributed by atoms with E-state index >= 15 is 0 Å². The van der Waals surface area contributed by atoms with Crippen molar-refractivity contribution in [2.75, 3.05) is 17.4 Å². The summed E-state index contributed by atoms with van der Waals surface area (Å²) < 4.78 is 30.3. The number of rotatable bonds is 4. The molecule has 1 fully saturated rings. The van der Waals surface area contributed by atoms with E-state index in [1.807, 2.05) is 53.1 Å². The molecule has 2 aromatic heterocycles. The molecule has 0 unspecified atom stereocenters. The number of benzene rings is 2. The predicted octanol–water partition coefficient (Wildman–Crippen LogP) is 3.46. The fourth-order valence-electron chi connectivity index (χ4n) is 5.01. The van der Waals surface area contributed by atoms with Gasteiger partial charge in [-0.3, -0.25) is 13.5 Å². The highest BCUT2D eigenvalue weighted by atomic mass is 32.2. The Bertz CT molecular complexity index is 1510. The highest BCUT2D eigenvalue weighted by molar-refractivity contribution is 7.92. The SMILES string of the molecule is O=C(c1cccc(S(=O)(=O)N2CCc3ccccc32)c1)N1CCC[C@@H]1c1nnc2ccccn12. The summed E-state index contributed by atoms with van der Waals surface area (Å²) in [7, 11) is -3.78. The minimum absolute atomic E-state index is 0.124. The van der Waals surface area contributed by atoms with Gasteiger partial charge in [-0.05, 0) is 61.2 Å². The average Bonchev–Trinajstić information content (AvgIpc) is 3.61. The molecule has 2 aromatic carbocycles. The second-order valence-corrected chi connectivity index (χ2v) is 10.5. The quantitative estimate of drug-likeness (QED) is 0.453. The van der Waals surface area contributed by atoms with Crippen LogP contribution in [0.4, 0.5) is 5.69 Å². The van der Waals surface area contributed by atoms with Crippen LogP contribution >= 0.6 is 0 Å². The van der Waals surface area contributed by atoms with Gasteiger partial charge in [-0.2, -0.15) is 0 Å². The fraction of sp³-hybridized carbons (Fsp3) is 0.240. The van der Waals surface area contributed by atoms with Gasteiger partial charge in [0.2, 0.25) is 0 Å². The van der Waals surface area contributed by atoms with Crippen LogP contribution in [-0.4, -0.2) is 46.9 Å². The van der Waals surface area contributed by atoms with Crippen molar-refractivity contribution >= 4 is 27.3 Å². The minimum Gasteiger partial charge on any atom is -0.328 e. The lowest BCUT2D eigenvalue weighted by molar-refractivity contribution is 0.0729. The van der Waals surface area contributed by atoms with Crippen molar-refractivity contribution in [1.82, 2.24) is 19.5 Å². The van der Waals surface area contributed by atoms with Crippen LogP contribution in [0.2, 0.25) is 0 Å². The van der Waals surface area contributed by atoms with Crippen molar-refractivity contribution in [2.24, 2.45) is 0 Å². The Morgan fingerprint density at radius 1 is 0.941 bits per heavy atom. The molecule has 34 heavy (non-hydrogen) atoms. The molecule has 9 heteroatoms. The summed E-state index contributed by atoms with van der Waals surface area (Å²) in [6.07, 6.45) is 4.20. The van der Waals surface area contributed by atoms with Crippen LogP contribution in [0, 0.1) is 0 Å². The van der Waals surface area contributed by atoms with Crippen LogP contribution in [0.15, 0.2) is 77.8 Å². The van der Waals surface area contributed by atoms with Gasteiger partial charge in [-0.15, -0.1) is 10.2 Å². The molecular formula is C25H23N5O3S. The molecule has 172 valence electrons. The molecule has 1 amide bonds. The number of anilines is 1. The maximum Gasteiger partial charge on any atom is 0.264 e. The third kappa shape index (κ3) is 3.27. The number of fused-ring (bicyclic) bond motifs is 2. The zero-order chi connectivity index (χ0) is 23.3. The predicted molar refractivity (Wildman–Crippen MR) is 127 cm³/mol. The molecule has 0 radical (unpaired) electrons. The first-order chi connectivity index (χ1) is 16.5. The standard InChI is InChI=1S/C25H23N5O3S/c31-25(28-15-6-11-22(28)24-27-26-23-12-3-4-14-29(23)24)19-8-5-9-20(17-19)34(32,33)30-16-13-18-7-1-2-10-21(18)30/h1-5,7-10,12,14,17,22H,6,11,13,15-16H2/t22-/m1/s1. The van der Waals surface area contributed by atoms with E-state index < -0.39 is 10.0 Å². The number of hydrogen-bond acceptors (Lipinski definition) is 5. The number of para-hydroxylation sites is 1. The largest absolute Gasteiger partial charge is 0.328 e. The van der Waals surface area contributed by atoms with Gasteiger partial charge in [0.25, 0.3) is 15.9 Å². The number of carbonyl (C=O) groups excluding carboxylic acids is 1. The Kier molecular flexibility index (Phi) is 4.88. The third-order valence-corrected chi connectivity index (χ3v) is 8.47. The number of hydrogen-bond donors (Lipinski definition) is 0. The van der Waals surface area contributed by atoms with Crippen LogP contribution in [0.25, 0.3) is 5.65 Å². The number of carbonyl (C=O) groups is 1. The first-order valence-corrected chi connectivity index (χ1v) is 12.8. The maximum absolute atomic E-state index is 13.5. The number of amides is 1. The summed E-state index contributed by atoms with van der Waals surface area (Å²) in [5.74, 6) is 0.521. The topological polar surface area (TPSA) is 87.9 Å². The molecule has 6 rings (SSSR count). The Labute approximate surface area is 197 Å². The Balaban J connectivity index is 1.32. The lowest BCUT2D eigenvalue weighted by Gasteiger charge is -2.24. The van der Waals surface area contributed by atoms with Crippen molar-refractivity contribution in [2.45, 2.75) is 30.2 Å². The maximum atomic E-state index is 13.5. The van der Waals surface area contributed by atoms with Gasteiger partial charge >= 0.3 is 0 Å². The van der Waals surface area contributed by atoms with Gasteiger partial charge in [-0.1, -0.05) is 30.3 Å². The van der Waals surface area contributed by atoms with Crippen LogP contribution in [0.5, 0.6) is 0 Å². The Morgan fingerprint density at radius 2 is 1.79 bits per heavy atom. The van der Waals surface area contributed by atoms with Crippen molar-refractivity contribution in [3.05, 3.63) is 89.9 Å². The number of likely N-dealkylation sites (tertiary alicyclic amines) is 1. The van der Waals surface area contributed by atoms with Crippen molar-refractivity contribution < 1.29 is 13.2 Å². The first kappa shape index (κ1) is 20.9. The molecule has 1 atom stereocenters. The van der Waals surface area contributed by atoms with E-state index in [2.05, 4.69) is 10.2 Å². The van der Waals surface area contributed by atoms with Crippen LogP contribution < -0.4 is 4.31 Å². The van der Waals surface area contributed by atoms with Crippen LogP contribution in [-0.2, 0) is 16.4 Å². The van der Waals surface area contributed by atoms with E-state index in [9.17, 15) is 13.2 Å². The van der Waals surface area contributed by atoms with Crippen molar-refractivity contribution in [3.63, 3.8) is 0 Å². The van der Waals surface area contributed by atoms with Gasteiger partial charge < -0.3 is 4.90 Å². The second-order valence-electron chi connectivity index (χ2n) is 8.63. The molecule has 0 N–H and O–H groups in total.